The molecule has 0 aliphatic carbocycles. The first kappa shape index (κ1) is 14.1. The van der Waals surface area contributed by atoms with E-state index in [1.54, 1.807) is 0 Å². The summed E-state index contributed by atoms with van der Waals surface area (Å²) in [6.07, 6.45) is 2.17. The number of hydrogen-bond donors (Lipinski definition) is 1. The Labute approximate surface area is 106 Å². The van der Waals surface area contributed by atoms with E-state index >= 15 is 0 Å². The summed E-state index contributed by atoms with van der Waals surface area (Å²) < 4.78 is 0. The van der Waals surface area contributed by atoms with Crippen molar-refractivity contribution >= 4 is 17.5 Å². The zero-order chi connectivity index (χ0) is 13.5. The van der Waals surface area contributed by atoms with Crippen LogP contribution >= 0.6 is 0 Å². The van der Waals surface area contributed by atoms with Gasteiger partial charge in [-0.2, -0.15) is 4.98 Å². The molecule has 1 aromatic rings. The van der Waals surface area contributed by atoms with Gasteiger partial charge in [0, 0.05) is 19.6 Å². The van der Waals surface area contributed by atoms with Crippen LogP contribution in [-0.4, -0.2) is 34.5 Å². The molecule has 1 aromatic heterocycles. The van der Waals surface area contributed by atoms with E-state index in [9.17, 15) is 10.1 Å². The van der Waals surface area contributed by atoms with Gasteiger partial charge in [-0.05, 0) is 20.3 Å². The van der Waals surface area contributed by atoms with Crippen LogP contribution in [0.1, 0.15) is 27.2 Å². The van der Waals surface area contributed by atoms with Crippen LogP contribution in [0.25, 0.3) is 0 Å². The van der Waals surface area contributed by atoms with E-state index in [4.69, 9.17) is 0 Å². The highest BCUT2D eigenvalue weighted by Gasteiger charge is 2.21. The lowest BCUT2D eigenvalue weighted by Gasteiger charge is -2.21. The molecule has 0 unspecified atom stereocenters. The van der Waals surface area contributed by atoms with Crippen molar-refractivity contribution in [2.24, 2.45) is 0 Å². The molecule has 0 radical (unpaired) electrons. The number of anilines is 2. The first-order valence-corrected chi connectivity index (χ1v) is 6.14. The van der Waals surface area contributed by atoms with Gasteiger partial charge in [0.05, 0.1) is 4.92 Å². The molecule has 1 N–H and O–H groups in total. The van der Waals surface area contributed by atoms with Gasteiger partial charge in [0.1, 0.15) is 6.20 Å². The third-order valence-corrected chi connectivity index (χ3v) is 2.46. The smallest absolute Gasteiger partial charge is 0.329 e. The number of nitrogens with zero attached hydrogens (tertiary/aromatic N) is 4. The second kappa shape index (κ2) is 6.73. The number of nitro groups is 1. The van der Waals surface area contributed by atoms with Gasteiger partial charge in [-0.3, -0.25) is 10.1 Å². The maximum absolute atomic E-state index is 11.0. The molecule has 0 amide bonds. The lowest BCUT2D eigenvalue weighted by molar-refractivity contribution is -0.384. The molecule has 0 aliphatic rings. The molecular weight excluding hydrogens is 234 g/mol. The third kappa shape index (κ3) is 3.28. The van der Waals surface area contributed by atoms with Gasteiger partial charge >= 0.3 is 5.69 Å². The monoisotopic (exact) mass is 253 g/mol. The largest absolute Gasteiger partial charge is 0.354 e. The minimum atomic E-state index is -0.441. The molecule has 1 heterocycles. The Morgan fingerprint density at radius 3 is 2.67 bits per heavy atom. The fraction of sp³-hybridized carbons (Fsp3) is 0.636. The average Bonchev–Trinajstić information content (AvgIpc) is 2.36. The molecule has 0 aromatic carbocycles. The minimum absolute atomic E-state index is 0.0491. The predicted octanol–water partition coefficient (Wildman–Crippen LogP) is 2.05. The topological polar surface area (TPSA) is 84.2 Å². The zero-order valence-electron chi connectivity index (χ0n) is 11.0. The summed E-state index contributed by atoms with van der Waals surface area (Å²) in [5.74, 6) is 0.808. The summed E-state index contributed by atoms with van der Waals surface area (Å²) in [5.41, 5.74) is -0.0491. The summed E-state index contributed by atoms with van der Waals surface area (Å²) in [4.78, 5) is 20.6. The molecule has 0 atom stereocenters. The van der Waals surface area contributed by atoms with Gasteiger partial charge < -0.3 is 10.2 Å². The Kier molecular flexibility index (Phi) is 5.29. The molecule has 0 aliphatic heterocycles. The Hall–Kier alpha value is -1.92. The van der Waals surface area contributed by atoms with Crippen LogP contribution in [0, 0.1) is 10.1 Å². The van der Waals surface area contributed by atoms with E-state index in [-0.39, 0.29) is 5.69 Å². The molecule has 0 bridgehead atoms. The maximum Gasteiger partial charge on any atom is 0.329 e. The predicted molar refractivity (Wildman–Crippen MR) is 71.0 cm³/mol. The summed E-state index contributed by atoms with van der Waals surface area (Å²) in [6, 6.07) is 0. The normalized spacial score (nSPS) is 10.2. The number of hydrogen-bond acceptors (Lipinski definition) is 6. The van der Waals surface area contributed by atoms with Crippen molar-refractivity contribution in [3.05, 3.63) is 16.3 Å². The fourth-order valence-electron chi connectivity index (χ4n) is 1.65. The van der Waals surface area contributed by atoms with Crippen LogP contribution < -0.4 is 10.2 Å². The summed E-state index contributed by atoms with van der Waals surface area (Å²) >= 11 is 0. The van der Waals surface area contributed by atoms with Gasteiger partial charge in [-0.1, -0.05) is 6.92 Å². The van der Waals surface area contributed by atoms with Crippen molar-refractivity contribution in [3.8, 4) is 0 Å². The van der Waals surface area contributed by atoms with Crippen LogP contribution in [0.2, 0.25) is 0 Å². The first-order chi connectivity index (χ1) is 8.63. The van der Waals surface area contributed by atoms with E-state index in [2.05, 4.69) is 15.3 Å². The molecule has 0 saturated carbocycles. The second-order valence-corrected chi connectivity index (χ2v) is 3.77. The summed E-state index contributed by atoms with van der Waals surface area (Å²) in [7, 11) is 0. The lowest BCUT2D eigenvalue weighted by Crippen LogP contribution is -2.26. The van der Waals surface area contributed by atoms with Gasteiger partial charge in [0.2, 0.25) is 11.8 Å². The van der Waals surface area contributed by atoms with Crippen molar-refractivity contribution in [1.82, 2.24) is 9.97 Å². The molecule has 100 valence electrons. The lowest BCUT2D eigenvalue weighted by atomic mass is 10.3. The SMILES string of the molecule is CCCN(CC)c1nc(NCC)ncc1[N+](=O)[O-]. The number of aromatic nitrogens is 2. The number of rotatable bonds is 7. The summed E-state index contributed by atoms with van der Waals surface area (Å²) in [5, 5.41) is 14.0. The Balaban J connectivity index is 3.16. The van der Waals surface area contributed by atoms with E-state index in [0.717, 1.165) is 13.0 Å². The molecule has 0 spiro atoms. The first-order valence-electron chi connectivity index (χ1n) is 6.14. The van der Waals surface area contributed by atoms with E-state index < -0.39 is 4.92 Å². The van der Waals surface area contributed by atoms with Gasteiger partial charge in [0.15, 0.2) is 0 Å². The van der Waals surface area contributed by atoms with Gasteiger partial charge in [-0.15, -0.1) is 0 Å². The van der Waals surface area contributed by atoms with Crippen LogP contribution in [-0.2, 0) is 0 Å². The highest BCUT2D eigenvalue weighted by molar-refractivity contribution is 5.58. The zero-order valence-corrected chi connectivity index (χ0v) is 11.0. The third-order valence-electron chi connectivity index (χ3n) is 2.46. The van der Waals surface area contributed by atoms with Gasteiger partial charge in [0.25, 0.3) is 0 Å². The molecular formula is C11H19N5O2. The molecule has 1 rings (SSSR count). The maximum atomic E-state index is 11.0. The van der Waals surface area contributed by atoms with Crippen LogP contribution in [0.4, 0.5) is 17.5 Å². The molecule has 7 heteroatoms. The van der Waals surface area contributed by atoms with Crippen molar-refractivity contribution in [3.63, 3.8) is 0 Å². The molecule has 0 saturated heterocycles. The average molecular weight is 253 g/mol. The number of nitrogens with one attached hydrogen (secondary N) is 1. The highest BCUT2D eigenvalue weighted by Crippen LogP contribution is 2.26. The second-order valence-electron chi connectivity index (χ2n) is 3.77. The van der Waals surface area contributed by atoms with Gasteiger partial charge in [-0.25, -0.2) is 4.98 Å². The molecule has 18 heavy (non-hydrogen) atoms. The van der Waals surface area contributed by atoms with E-state index in [1.807, 2.05) is 25.7 Å². The minimum Gasteiger partial charge on any atom is -0.354 e. The highest BCUT2D eigenvalue weighted by atomic mass is 16.6. The molecule has 7 nitrogen and oxygen atoms in total. The van der Waals surface area contributed by atoms with E-state index in [0.29, 0.717) is 24.9 Å². The van der Waals surface area contributed by atoms with Crippen LogP contribution in [0.15, 0.2) is 6.20 Å². The van der Waals surface area contributed by atoms with Crippen molar-refractivity contribution in [2.75, 3.05) is 29.9 Å². The molecule has 0 fully saturated rings. The van der Waals surface area contributed by atoms with Crippen molar-refractivity contribution in [1.29, 1.82) is 0 Å². The van der Waals surface area contributed by atoms with Crippen molar-refractivity contribution in [2.45, 2.75) is 27.2 Å². The fourth-order valence-corrected chi connectivity index (χ4v) is 1.65. The van der Waals surface area contributed by atoms with Crippen LogP contribution in [0.3, 0.4) is 0 Å². The van der Waals surface area contributed by atoms with E-state index in [1.165, 1.54) is 6.20 Å². The summed E-state index contributed by atoms with van der Waals surface area (Å²) in [6.45, 7) is 8.00. The van der Waals surface area contributed by atoms with Crippen LogP contribution in [0.5, 0.6) is 0 Å². The van der Waals surface area contributed by atoms with Crippen molar-refractivity contribution < 1.29 is 4.92 Å². The Morgan fingerprint density at radius 1 is 1.44 bits per heavy atom. The quantitative estimate of drug-likeness (QED) is 0.591. The Morgan fingerprint density at radius 2 is 2.17 bits per heavy atom. The standard InChI is InChI=1S/C11H19N5O2/c1-4-7-15(6-3)10-9(16(17)18)8-13-11(14-10)12-5-2/h8H,4-7H2,1-3H3,(H,12,13,14). The Bertz CT molecular complexity index is 410.